The molecule has 0 fully saturated rings. The van der Waals surface area contributed by atoms with E-state index in [1.807, 2.05) is 6.07 Å². The molecule has 0 radical (unpaired) electrons. The van der Waals surface area contributed by atoms with Gasteiger partial charge in [-0.25, -0.2) is 13.6 Å². The fourth-order valence-corrected chi connectivity index (χ4v) is 2.66. The molecule has 0 aliphatic carbocycles. The normalized spacial score (nSPS) is 11.0. The number of nitrogens with one attached hydrogen (secondary N) is 2. The number of hydrogen-bond acceptors (Lipinski definition) is 4. The van der Waals surface area contributed by atoms with Gasteiger partial charge in [0, 0.05) is 5.56 Å². The number of rotatable bonds is 4. The van der Waals surface area contributed by atoms with Crippen LogP contribution in [0.4, 0.5) is 5.69 Å². The van der Waals surface area contributed by atoms with E-state index in [1.54, 1.807) is 24.3 Å². The highest BCUT2D eigenvalue weighted by atomic mass is 35.5. The van der Waals surface area contributed by atoms with Gasteiger partial charge >= 0.3 is 0 Å². The number of hydrazine groups is 1. The van der Waals surface area contributed by atoms with Crippen LogP contribution in [0.5, 0.6) is 0 Å². The fraction of sp³-hybridized carbons (Fsp3) is 0. The lowest BCUT2D eigenvalue weighted by atomic mass is 10.2. The zero-order valence-electron chi connectivity index (χ0n) is 10.7. The van der Waals surface area contributed by atoms with E-state index in [1.165, 1.54) is 12.1 Å². The fourth-order valence-electron chi connectivity index (χ4n) is 1.59. The molecule has 0 heterocycles. The van der Waals surface area contributed by atoms with E-state index in [0.717, 1.165) is 6.07 Å². The molecule has 4 N–H and O–H groups in total. The molecule has 0 saturated carbocycles. The minimum absolute atomic E-state index is 0.0370. The maximum atomic E-state index is 12.0. The van der Waals surface area contributed by atoms with Crippen LogP contribution in [-0.4, -0.2) is 14.3 Å². The molecule has 0 bridgehead atoms. The maximum Gasteiger partial charge on any atom is 0.269 e. The zero-order chi connectivity index (χ0) is 15.5. The number of nitrogens with two attached hydrogens (primary N) is 1. The molecule has 0 saturated heterocycles. The number of para-hydroxylation sites is 1. The number of sulfonamides is 1. The van der Waals surface area contributed by atoms with E-state index >= 15 is 0 Å². The van der Waals surface area contributed by atoms with Gasteiger partial charge in [-0.3, -0.25) is 15.6 Å². The van der Waals surface area contributed by atoms with Crippen molar-refractivity contribution < 1.29 is 13.2 Å². The van der Waals surface area contributed by atoms with Gasteiger partial charge in [0.15, 0.2) is 0 Å². The molecule has 2 aromatic carbocycles. The predicted octanol–water partition coefficient (Wildman–Crippen LogP) is 1.74. The summed E-state index contributed by atoms with van der Waals surface area (Å²) in [7, 11) is -3.99. The molecule has 6 nitrogen and oxygen atoms in total. The predicted molar refractivity (Wildman–Crippen MR) is 80.4 cm³/mol. The van der Waals surface area contributed by atoms with E-state index in [2.05, 4.69) is 10.9 Å². The minimum Gasteiger partial charge on any atom is -0.298 e. The molecule has 21 heavy (non-hydrogen) atoms. The number of amides is 1. The van der Waals surface area contributed by atoms with Crippen molar-refractivity contribution >= 4 is 33.2 Å². The Morgan fingerprint density at radius 3 is 2.38 bits per heavy atom. The van der Waals surface area contributed by atoms with E-state index in [9.17, 15) is 13.2 Å². The van der Waals surface area contributed by atoms with Crippen molar-refractivity contribution in [2.24, 2.45) is 5.14 Å². The first-order valence-corrected chi connectivity index (χ1v) is 7.74. The van der Waals surface area contributed by atoms with E-state index in [-0.39, 0.29) is 15.5 Å². The van der Waals surface area contributed by atoms with E-state index < -0.39 is 15.9 Å². The van der Waals surface area contributed by atoms with Crippen molar-refractivity contribution in [3.05, 3.63) is 59.1 Å². The summed E-state index contributed by atoms with van der Waals surface area (Å²) in [4.78, 5) is 11.7. The third-order valence-electron chi connectivity index (χ3n) is 2.59. The van der Waals surface area contributed by atoms with Gasteiger partial charge in [-0.15, -0.1) is 0 Å². The quantitative estimate of drug-likeness (QED) is 0.745. The Morgan fingerprint density at radius 1 is 1.10 bits per heavy atom. The Labute approximate surface area is 126 Å². The number of anilines is 1. The van der Waals surface area contributed by atoms with Gasteiger partial charge in [0.05, 0.1) is 10.7 Å². The number of carbonyl (C=O) groups excluding carboxylic acids is 1. The number of hydrogen-bond donors (Lipinski definition) is 3. The lowest BCUT2D eigenvalue weighted by molar-refractivity contribution is 0.0962. The van der Waals surface area contributed by atoms with Gasteiger partial charge in [0.1, 0.15) is 4.90 Å². The van der Waals surface area contributed by atoms with Crippen LogP contribution in [0.2, 0.25) is 5.02 Å². The second-order valence-corrected chi connectivity index (χ2v) is 6.07. The highest BCUT2D eigenvalue weighted by Crippen LogP contribution is 2.21. The Kier molecular flexibility index (Phi) is 4.46. The molecule has 8 heteroatoms. The van der Waals surface area contributed by atoms with Crippen LogP contribution in [-0.2, 0) is 10.0 Å². The smallest absolute Gasteiger partial charge is 0.269 e. The van der Waals surface area contributed by atoms with Crippen molar-refractivity contribution in [1.29, 1.82) is 0 Å². The van der Waals surface area contributed by atoms with Gasteiger partial charge in [0.2, 0.25) is 10.0 Å². The SMILES string of the molecule is NS(=O)(=O)c1cc(C(=O)NNc2ccccc2)ccc1Cl. The van der Waals surface area contributed by atoms with Crippen LogP contribution in [0, 0.1) is 0 Å². The van der Waals surface area contributed by atoms with Crippen LogP contribution in [0.25, 0.3) is 0 Å². The molecule has 0 spiro atoms. The summed E-state index contributed by atoms with van der Waals surface area (Å²) in [5.74, 6) is -0.514. The lowest BCUT2D eigenvalue weighted by Crippen LogP contribution is -2.29. The summed E-state index contributed by atoms with van der Waals surface area (Å²) in [5.41, 5.74) is 5.95. The summed E-state index contributed by atoms with van der Waals surface area (Å²) in [6.07, 6.45) is 0. The zero-order valence-corrected chi connectivity index (χ0v) is 12.3. The van der Waals surface area contributed by atoms with Crippen LogP contribution in [0.1, 0.15) is 10.4 Å². The summed E-state index contributed by atoms with van der Waals surface area (Å²) in [5, 5.41) is 5.00. The summed E-state index contributed by atoms with van der Waals surface area (Å²) in [6, 6.07) is 12.8. The first-order valence-electron chi connectivity index (χ1n) is 5.81. The molecular weight excluding hydrogens is 314 g/mol. The number of primary sulfonamides is 1. The second-order valence-electron chi connectivity index (χ2n) is 4.14. The molecule has 0 aliphatic heterocycles. The molecule has 1 amide bonds. The molecule has 0 aromatic heterocycles. The number of carbonyl (C=O) groups is 1. The molecule has 2 rings (SSSR count). The Balaban J connectivity index is 2.17. The average Bonchev–Trinajstić information content (AvgIpc) is 2.45. The van der Waals surface area contributed by atoms with Crippen LogP contribution in [0.3, 0.4) is 0 Å². The highest BCUT2D eigenvalue weighted by molar-refractivity contribution is 7.89. The van der Waals surface area contributed by atoms with Gasteiger partial charge < -0.3 is 0 Å². The highest BCUT2D eigenvalue weighted by Gasteiger charge is 2.16. The topological polar surface area (TPSA) is 101 Å². The molecule has 0 aliphatic rings. The summed E-state index contributed by atoms with van der Waals surface area (Å²) >= 11 is 5.75. The third kappa shape index (κ3) is 3.94. The standard InChI is InChI=1S/C13H12ClN3O3S/c14-11-7-6-9(8-12(11)21(15,19)20)13(18)17-16-10-4-2-1-3-5-10/h1-8,16H,(H,17,18)(H2,15,19,20). The first-order chi connectivity index (χ1) is 9.88. The second kappa shape index (κ2) is 6.13. The van der Waals surface area contributed by atoms with Crippen LogP contribution >= 0.6 is 11.6 Å². The van der Waals surface area contributed by atoms with Gasteiger partial charge in [-0.2, -0.15) is 0 Å². The molecule has 2 aromatic rings. The van der Waals surface area contributed by atoms with Gasteiger partial charge in [-0.05, 0) is 30.3 Å². The van der Waals surface area contributed by atoms with E-state index in [0.29, 0.717) is 5.69 Å². The van der Waals surface area contributed by atoms with Crippen molar-refractivity contribution in [3.8, 4) is 0 Å². The maximum absolute atomic E-state index is 12.0. The van der Waals surface area contributed by atoms with Crippen molar-refractivity contribution in [2.45, 2.75) is 4.90 Å². The Hall–Kier alpha value is -2.09. The van der Waals surface area contributed by atoms with Crippen LogP contribution < -0.4 is 16.0 Å². The first kappa shape index (κ1) is 15.3. The van der Waals surface area contributed by atoms with E-state index in [4.69, 9.17) is 16.7 Å². The summed E-state index contributed by atoms with van der Waals surface area (Å²) < 4.78 is 22.7. The molecule has 0 unspecified atom stereocenters. The van der Waals surface area contributed by atoms with Gasteiger partial charge in [0.25, 0.3) is 5.91 Å². The van der Waals surface area contributed by atoms with Crippen molar-refractivity contribution in [2.75, 3.05) is 5.43 Å². The lowest BCUT2D eigenvalue weighted by Gasteiger charge is -2.09. The third-order valence-corrected chi connectivity index (χ3v) is 3.99. The van der Waals surface area contributed by atoms with Crippen LogP contribution in [0.15, 0.2) is 53.4 Å². The molecular formula is C13H12ClN3O3S. The minimum atomic E-state index is -3.99. The Bertz CT molecular complexity index is 763. The molecule has 110 valence electrons. The Morgan fingerprint density at radius 2 is 1.76 bits per heavy atom. The number of benzene rings is 2. The largest absolute Gasteiger partial charge is 0.298 e. The van der Waals surface area contributed by atoms with Crippen molar-refractivity contribution in [1.82, 2.24) is 5.43 Å². The van der Waals surface area contributed by atoms with Crippen molar-refractivity contribution in [3.63, 3.8) is 0 Å². The van der Waals surface area contributed by atoms with Gasteiger partial charge in [-0.1, -0.05) is 29.8 Å². The molecule has 0 atom stereocenters. The number of halogens is 1. The summed E-state index contributed by atoms with van der Waals surface area (Å²) in [6.45, 7) is 0. The monoisotopic (exact) mass is 325 g/mol. The average molecular weight is 326 g/mol.